The third kappa shape index (κ3) is 1.88. The lowest BCUT2D eigenvalue weighted by Crippen LogP contribution is -2.02. The highest BCUT2D eigenvalue weighted by molar-refractivity contribution is 6.01. The van der Waals surface area contributed by atoms with Gasteiger partial charge in [0.1, 0.15) is 0 Å². The van der Waals surface area contributed by atoms with Gasteiger partial charge in [0.25, 0.3) is 0 Å². The molecule has 86 valence electrons. The Morgan fingerprint density at radius 2 is 2.00 bits per heavy atom. The molecule has 16 heavy (non-hydrogen) atoms. The van der Waals surface area contributed by atoms with E-state index in [9.17, 15) is 4.79 Å². The van der Waals surface area contributed by atoms with E-state index in [2.05, 4.69) is 0 Å². The number of hydrogen-bond donors (Lipinski definition) is 0. The Balaban J connectivity index is 2.35. The van der Waals surface area contributed by atoms with Crippen LogP contribution in [-0.2, 0) is 11.2 Å². The van der Waals surface area contributed by atoms with Crippen LogP contribution in [0, 0.1) is 0 Å². The van der Waals surface area contributed by atoms with Crippen LogP contribution in [0.25, 0.3) is 0 Å². The zero-order valence-corrected chi connectivity index (χ0v) is 9.41. The van der Waals surface area contributed by atoms with Gasteiger partial charge in [-0.25, -0.2) is 0 Å². The van der Waals surface area contributed by atoms with Gasteiger partial charge in [-0.1, -0.05) is 0 Å². The van der Waals surface area contributed by atoms with Gasteiger partial charge in [0.15, 0.2) is 24.1 Å². The second kappa shape index (κ2) is 4.53. The largest absolute Gasteiger partial charge is 0.493 e. The Bertz CT molecular complexity index is 412. The van der Waals surface area contributed by atoms with Crippen molar-refractivity contribution in [2.75, 3.05) is 21.0 Å². The summed E-state index contributed by atoms with van der Waals surface area (Å²) in [6.07, 6.45) is 1.35. The molecule has 0 aliphatic heterocycles. The van der Waals surface area contributed by atoms with E-state index in [0.717, 1.165) is 17.5 Å². The summed E-state index contributed by atoms with van der Waals surface area (Å²) in [6, 6.07) is 3.60. The van der Waals surface area contributed by atoms with Gasteiger partial charge in [-0.15, -0.1) is 0 Å². The molecule has 1 aromatic carbocycles. The molecule has 4 nitrogen and oxygen atoms in total. The lowest BCUT2D eigenvalue weighted by molar-refractivity contribution is 0.0491. The van der Waals surface area contributed by atoms with Crippen molar-refractivity contribution >= 4 is 5.78 Å². The van der Waals surface area contributed by atoms with Crippen LogP contribution < -0.4 is 9.47 Å². The van der Waals surface area contributed by atoms with E-state index in [1.807, 2.05) is 6.07 Å². The van der Waals surface area contributed by atoms with E-state index in [-0.39, 0.29) is 12.6 Å². The molecule has 0 aromatic heterocycles. The van der Waals surface area contributed by atoms with Crippen molar-refractivity contribution in [2.45, 2.75) is 12.8 Å². The highest BCUT2D eigenvalue weighted by Crippen LogP contribution is 2.34. The standard InChI is InChI=1S/C12H14O4/c1-14-7-16-12-5-8-3-4-10(13)9(8)6-11(12)15-2/h5-6H,3-4,7H2,1-2H3. The number of ketones is 1. The molecule has 0 spiro atoms. The minimum Gasteiger partial charge on any atom is -0.493 e. The van der Waals surface area contributed by atoms with Gasteiger partial charge < -0.3 is 14.2 Å². The monoisotopic (exact) mass is 222 g/mol. The maximum absolute atomic E-state index is 11.5. The van der Waals surface area contributed by atoms with Gasteiger partial charge in [0.05, 0.1) is 7.11 Å². The summed E-state index contributed by atoms with van der Waals surface area (Å²) in [5.41, 5.74) is 1.78. The van der Waals surface area contributed by atoms with Crippen LogP contribution >= 0.6 is 0 Å². The zero-order valence-electron chi connectivity index (χ0n) is 9.41. The third-order valence-corrected chi connectivity index (χ3v) is 2.64. The predicted molar refractivity (Wildman–Crippen MR) is 58.1 cm³/mol. The Labute approximate surface area is 94.1 Å². The fraction of sp³-hybridized carbons (Fsp3) is 0.417. The van der Waals surface area contributed by atoms with Crippen LogP contribution in [0.3, 0.4) is 0 Å². The molecular weight excluding hydrogens is 208 g/mol. The van der Waals surface area contributed by atoms with Gasteiger partial charge in [0.2, 0.25) is 0 Å². The lowest BCUT2D eigenvalue weighted by atomic mass is 10.1. The second-order valence-corrected chi connectivity index (χ2v) is 3.63. The van der Waals surface area contributed by atoms with Crippen molar-refractivity contribution in [3.8, 4) is 11.5 Å². The Hall–Kier alpha value is -1.55. The summed E-state index contributed by atoms with van der Waals surface area (Å²) < 4.78 is 15.4. The van der Waals surface area contributed by atoms with Gasteiger partial charge in [-0.2, -0.15) is 0 Å². The molecule has 0 N–H and O–H groups in total. The summed E-state index contributed by atoms with van der Waals surface area (Å²) >= 11 is 0. The molecule has 0 amide bonds. The average molecular weight is 222 g/mol. The van der Waals surface area contributed by atoms with Crippen LogP contribution in [0.2, 0.25) is 0 Å². The quantitative estimate of drug-likeness (QED) is 0.729. The average Bonchev–Trinajstić information content (AvgIpc) is 2.66. The highest BCUT2D eigenvalue weighted by atomic mass is 16.7. The lowest BCUT2D eigenvalue weighted by Gasteiger charge is -2.11. The molecule has 0 radical (unpaired) electrons. The summed E-state index contributed by atoms with van der Waals surface area (Å²) in [4.78, 5) is 11.5. The Morgan fingerprint density at radius 3 is 2.69 bits per heavy atom. The predicted octanol–water partition coefficient (Wildman–Crippen LogP) is 1.81. The molecule has 0 saturated heterocycles. The third-order valence-electron chi connectivity index (χ3n) is 2.64. The molecule has 0 fully saturated rings. The number of rotatable bonds is 4. The van der Waals surface area contributed by atoms with Crippen LogP contribution in [0.5, 0.6) is 11.5 Å². The molecule has 4 heteroatoms. The molecule has 0 atom stereocenters. The first-order valence-corrected chi connectivity index (χ1v) is 5.12. The van der Waals surface area contributed by atoms with Gasteiger partial charge in [-0.05, 0) is 24.1 Å². The first-order chi connectivity index (χ1) is 7.76. The van der Waals surface area contributed by atoms with Crippen molar-refractivity contribution in [1.82, 2.24) is 0 Å². The normalized spacial score (nSPS) is 13.8. The molecule has 0 unspecified atom stereocenters. The number of benzene rings is 1. The van der Waals surface area contributed by atoms with Crippen LogP contribution in [0.1, 0.15) is 22.3 Å². The van der Waals surface area contributed by atoms with Gasteiger partial charge in [-0.3, -0.25) is 4.79 Å². The number of ether oxygens (including phenoxy) is 3. The fourth-order valence-corrected chi connectivity index (χ4v) is 1.85. The molecule has 0 bridgehead atoms. The maximum Gasteiger partial charge on any atom is 0.188 e. The minimum absolute atomic E-state index is 0.170. The topological polar surface area (TPSA) is 44.8 Å². The molecular formula is C12H14O4. The number of carbonyl (C=O) groups excluding carboxylic acids is 1. The first-order valence-electron chi connectivity index (χ1n) is 5.12. The first kappa shape index (κ1) is 11.0. The molecule has 1 aliphatic carbocycles. The molecule has 1 aromatic rings. The van der Waals surface area contributed by atoms with Gasteiger partial charge >= 0.3 is 0 Å². The van der Waals surface area contributed by atoms with E-state index in [1.54, 1.807) is 20.3 Å². The van der Waals surface area contributed by atoms with Crippen molar-refractivity contribution in [2.24, 2.45) is 0 Å². The number of aryl methyl sites for hydroxylation is 1. The second-order valence-electron chi connectivity index (χ2n) is 3.63. The van der Waals surface area contributed by atoms with E-state index in [1.165, 1.54) is 0 Å². The number of carbonyl (C=O) groups is 1. The summed E-state index contributed by atoms with van der Waals surface area (Å²) in [5, 5.41) is 0. The van der Waals surface area contributed by atoms with E-state index in [0.29, 0.717) is 17.9 Å². The summed E-state index contributed by atoms with van der Waals surface area (Å²) in [6.45, 7) is 0.170. The number of methoxy groups -OCH3 is 2. The fourth-order valence-electron chi connectivity index (χ4n) is 1.85. The van der Waals surface area contributed by atoms with Crippen molar-refractivity contribution in [1.29, 1.82) is 0 Å². The number of hydrogen-bond acceptors (Lipinski definition) is 4. The van der Waals surface area contributed by atoms with Crippen LogP contribution in [0.15, 0.2) is 12.1 Å². The van der Waals surface area contributed by atoms with Crippen LogP contribution in [0.4, 0.5) is 0 Å². The van der Waals surface area contributed by atoms with E-state index in [4.69, 9.17) is 14.2 Å². The number of fused-ring (bicyclic) bond motifs is 1. The van der Waals surface area contributed by atoms with Gasteiger partial charge in [0, 0.05) is 19.1 Å². The van der Waals surface area contributed by atoms with Crippen LogP contribution in [-0.4, -0.2) is 26.8 Å². The zero-order chi connectivity index (χ0) is 11.5. The molecule has 2 rings (SSSR count). The van der Waals surface area contributed by atoms with E-state index >= 15 is 0 Å². The van der Waals surface area contributed by atoms with Crippen molar-refractivity contribution in [3.63, 3.8) is 0 Å². The molecule has 0 saturated carbocycles. The Morgan fingerprint density at radius 1 is 1.19 bits per heavy atom. The molecule has 1 aliphatic rings. The van der Waals surface area contributed by atoms with Crippen molar-refractivity contribution in [3.05, 3.63) is 23.3 Å². The highest BCUT2D eigenvalue weighted by Gasteiger charge is 2.22. The van der Waals surface area contributed by atoms with E-state index < -0.39 is 0 Å². The smallest absolute Gasteiger partial charge is 0.188 e. The minimum atomic E-state index is 0.170. The number of Topliss-reactive ketones (excluding diaryl/α,β-unsaturated/α-hetero) is 1. The summed E-state index contributed by atoms with van der Waals surface area (Å²) in [5.74, 6) is 1.37. The maximum atomic E-state index is 11.5. The SMILES string of the molecule is COCOc1cc2c(cc1OC)C(=O)CC2. The Kier molecular flexibility index (Phi) is 3.10. The van der Waals surface area contributed by atoms with Crippen molar-refractivity contribution < 1.29 is 19.0 Å². The molecule has 0 heterocycles. The summed E-state index contributed by atoms with van der Waals surface area (Å²) in [7, 11) is 3.12.